The Hall–Kier alpha value is -1.61. The average Bonchev–Trinajstić information content (AvgIpc) is 2.42. The van der Waals surface area contributed by atoms with E-state index in [-0.39, 0.29) is 12.3 Å². The summed E-state index contributed by atoms with van der Waals surface area (Å²) in [5, 5.41) is 0. The van der Waals surface area contributed by atoms with Crippen molar-refractivity contribution >= 4 is 16.0 Å². The Morgan fingerprint density at radius 1 is 1.23 bits per heavy atom. The number of sulfonamides is 1. The summed E-state index contributed by atoms with van der Waals surface area (Å²) in [6, 6.07) is -0.190. The lowest BCUT2D eigenvalue weighted by Crippen LogP contribution is -2.42. The molecule has 0 aromatic heterocycles. The van der Waals surface area contributed by atoms with Crippen molar-refractivity contribution in [3.8, 4) is 0 Å². The van der Waals surface area contributed by atoms with Crippen LogP contribution in [0.5, 0.6) is 0 Å². The van der Waals surface area contributed by atoms with Crippen molar-refractivity contribution in [2.45, 2.75) is 31.2 Å². The molecule has 0 spiro atoms. The number of nitrogens with one attached hydrogen (secondary N) is 1. The molecule has 0 fully saturated rings. The molecule has 9 heteroatoms. The molecule has 0 aliphatic heterocycles. The molecule has 0 amide bonds. The van der Waals surface area contributed by atoms with E-state index >= 15 is 0 Å². The predicted octanol–water partition coefficient (Wildman–Crippen LogP) is 1.97. The number of esters is 1. The van der Waals surface area contributed by atoms with Gasteiger partial charge in [0.05, 0.1) is 7.11 Å². The summed E-state index contributed by atoms with van der Waals surface area (Å²) in [4.78, 5) is 10.5. The van der Waals surface area contributed by atoms with Crippen molar-refractivity contribution in [2.24, 2.45) is 5.92 Å². The van der Waals surface area contributed by atoms with Crippen LogP contribution in [0.1, 0.15) is 20.3 Å². The fraction of sp³-hybridized carbons (Fsp3) is 0.462. The zero-order chi connectivity index (χ0) is 17.1. The van der Waals surface area contributed by atoms with Gasteiger partial charge in [0.15, 0.2) is 17.5 Å². The molecule has 1 rings (SSSR count). The standard InChI is InChI=1S/C13H16F3NO4S/c1-7(2)6-9(13(18)21-3)17-22(19,20)10-5-4-8(14)11(15)12(10)16/h4-5,7,9,17H,6H2,1-3H3/t9-/m0/s1. The minimum atomic E-state index is -4.56. The van der Waals surface area contributed by atoms with Gasteiger partial charge in [-0.25, -0.2) is 21.6 Å². The van der Waals surface area contributed by atoms with Gasteiger partial charge in [0.1, 0.15) is 10.9 Å². The number of halogens is 3. The molecule has 1 aromatic carbocycles. The maximum Gasteiger partial charge on any atom is 0.323 e. The molecular weight excluding hydrogens is 323 g/mol. The third-order valence-electron chi connectivity index (χ3n) is 2.78. The molecule has 0 aliphatic rings. The summed E-state index contributed by atoms with van der Waals surface area (Å²) in [7, 11) is -3.49. The van der Waals surface area contributed by atoms with Crippen LogP contribution in [0.15, 0.2) is 17.0 Å². The minimum absolute atomic E-state index is 0.0680. The van der Waals surface area contributed by atoms with Crippen LogP contribution >= 0.6 is 0 Å². The Balaban J connectivity index is 3.18. The van der Waals surface area contributed by atoms with E-state index in [9.17, 15) is 26.4 Å². The van der Waals surface area contributed by atoms with Gasteiger partial charge in [0.2, 0.25) is 10.0 Å². The highest BCUT2D eigenvalue weighted by Crippen LogP contribution is 2.20. The second-order valence-electron chi connectivity index (χ2n) is 5.00. The van der Waals surface area contributed by atoms with Gasteiger partial charge >= 0.3 is 5.97 Å². The first kappa shape index (κ1) is 18.4. The number of carbonyl (C=O) groups excluding carboxylic acids is 1. The van der Waals surface area contributed by atoms with Gasteiger partial charge in [-0.05, 0) is 24.5 Å². The molecule has 0 bridgehead atoms. The first-order valence-electron chi connectivity index (χ1n) is 6.33. The van der Waals surface area contributed by atoms with Crippen molar-refractivity contribution in [1.82, 2.24) is 4.72 Å². The fourth-order valence-corrected chi connectivity index (χ4v) is 3.04. The molecule has 0 heterocycles. The molecule has 0 radical (unpaired) electrons. The summed E-state index contributed by atoms with van der Waals surface area (Å²) in [6.45, 7) is 3.48. The number of ether oxygens (including phenoxy) is 1. The zero-order valence-electron chi connectivity index (χ0n) is 12.2. The maximum absolute atomic E-state index is 13.6. The zero-order valence-corrected chi connectivity index (χ0v) is 13.0. The number of benzene rings is 1. The molecule has 1 N–H and O–H groups in total. The molecule has 1 atom stereocenters. The molecule has 22 heavy (non-hydrogen) atoms. The van der Waals surface area contributed by atoms with E-state index in [1.165, 1.54) is 0 Å². The van der Waals surface area contributed by atoms with Crippen LogP contribution in [0.3, 0.4) is 0 Å². The van der Waals surface area contributed by atoms with Gasteiger partial charge in [-0.15, -0.1) is 0 Å². The molecular formula is C13H16F3NO4S. The van der Waals surface area contributed by atoms with Crippen LogP contribution in [0, 0.1) is 23.4 Å². The highest BCUT2D eigenvalue weighted by atomic mass is 32.2. The van der Waals surface area contributed by atoms with Crippen LogP contribution in [0.25, 0.3) is 0 Å². The van der Waals surface area contributed by atoms with E-state index in [0.717, 1.165) is 7.11 Å². The van der Waals surface area contributed by atoms with E-state index in [0.29, 0.717) is 12.1 Å². The second-order valence-corrected chi connectivity index (χ2v) is 6.68. The van der Waals surface area contributed by atoms with Gasteiger partial charge in [0.25, 0.3) is 0 Å². The van der Waals surface area contributed by atoms with E-state index in [4.69, 9.17) is 0 Å². The summed E-state index contributed by atoms with van der Waals surface area (Å²) in [5.41, 5.74) is 0. The van der Waals surface area contributed by atoms with E-state index in [1.807, 2.05) is 4.72 Å². The average molecular weight is 339 g/mol. The first-order valence-corrected chi connectivity index (χ1v) is 7.82. The van der Waals surface area contributed by atoms with E-state index < -0.39 is 44.4 Å². The molecule has 0 saturated heterocycles. The lowest BCUT2D eigenvalue weighted by molar-refractivity contribution is -0.143. The van der Waals surface area contributed by atoms with Crippen LogP contribution < -0.4 is 4.72 Å². The van der Waals surface area contributed by atoms with Gasteiger partial charge in [0, 0.05) is 0 Å². The highest BCUT2D eigenvalue weighted by molar-refractivity contribution is 7.89. The maximum atomic E-state index is 13.6. The molecule has 0 saturated carbocycles. The Bertz CT molecular complexity index is 661. The van der Waals surface area contributed by atoms with Crippen molar-refractivity contribution in [3.05, 3.63) is 29.6 Å². The summed E-state index contributed by atoms with van der Waals surface area (Å²) >= 11 is 0. The predicted molar refractivity (Wildman–Crippen MR) is 71.9 cm³/mol. The Morgan fingerprint density at radius 2 is 1.82 bits per heavy atom. The summed E-state index contributed by atoms with van der Waals surface area (Å²) < 4.78 is 70.2. The molecule has 0 aliphatic carbocycles. The molecule has 0 unspecified atom stereocenters. The topological polar surface area (TPSA) is 72.5 Å². The lowest BCUT2D eigenvalue weighted by Gasteiger charge is -2.18. The Morgan fingerprint density at radius 3 is 2.32 bits per heavy atom. The van der Waals surface area contributed by atoms with E-state index in [1.54, 1.807) is 13.8 Å². The smallest absolute Gasteiger partial charge is 0.323 e. The number of methoxy groups -OCH3 is 1. The lowest BCUT2D eigenvalue weighted by atomic mass is 10.1. The number of hydrogen-bond acceptors (Lipinski definition) is 4. The number of hydrogen-bond donors (Lipinski definition) is 1. The second kappa shape index (κ2) is 7.10. The number of rotatable bonds is 6. The van der Waals surface area contributed by atoms with Crippen LogP contribution in [-0.4, -0.2) is 27.5 Å². The van der Waals surface area contributed by atoms with Gasteiger partial charge in [-0.3, -0.25) is 4.79 Å². The van der Waals surface area contributed by atoms with E-state index in [2.05, 4.69) is 4.74 Å². The quantitative estimate of drug-likeness (QED) is 0.635. The normalized spacial score (nSPS) is 13.2. The fourth-order valence-electron chi connectivity index (χ4n) is 1.77. The number of carbonyl (C=O) groups is 1. The van der Waals surface area contributed by atoms with Gasteiger partial charge < -0.3 is 4.74 Å². The van der Waals surface area contributed by atoms with Gasteiger partial charge in [-0.2, -0.15) is 4.72 Å². The largest absolute Gasteiger partial charge is 0.468 e. The summed E-state index contributed by atoms with van der Waals surface area (Å²) in [6.07, 6.45) is 0.0944. The minimum Gasteiger partial charge on any atom is -0.468 e. The molecule has 124 valence electrons. The van der Waals surface area contributed by atoms with Crippen molar-refractivity contribution < 1.29 is 31.1 Å². The summed E-state index contributed by atoms with van der Waals surface area (Å²) in [5.74, 6) is -6.19. The molecule has 1 aromatic rings. The SMILES string of the molecule is COC(=O)[C@H](CC(C)C)NS(=O)(=O)c1ccc(F)c(F)c1F. The molecule has 5 nitrogen and oxygen atoms in total. The Labute approximate surface area is 126 Å². The highest BCUT2D eigenvalue weighted by Gasteiger charge is 2.30. The van der Waals surface area contributed by atoms with Crippen LogP contribution in [0.4, 0.5) is 13.2 Å². The van der Waals surface area contributed by atoms with Crippen LogP contribution in [-0.2, 0) is 19.6 Å². The third-order valence-corrected chi connectivity index (χ3v) is 4.27. The Kier molecular flexibility index (Phi) is 5.95. The van der Waals surface area contributed by atoms with Crippen molar-refractivity contribution in [1.29, 1.82) is 0 Å². The van der Waals surface area contributed by atoms with Gasteiger partial charge in [-0.1, -0.05) is 13.8 Å². The van der Waals surface area contributed by atoms with Crippen LogP contribution in [0.2, 0.25) is 0 Å². The van der Waals surface area contributed by atoms with Crippen molar-refractivity contribution in [2.75, 3.05) is 7.11 Å². The third kappa shape index (κ3) is 4.20. The van der Waals surface area contributed by atoms with Crippen molar-refractivity contribution in [3.63, 3.8) is 0 Å². The first-order chi connectivity index (χ1) is 10.1. The monoisotopic (exact) mass is 339 g/mol.